The van der Waals surface area contributed by atoms with Crippen LogP contribution in [0.5, 0.6) is 0 Å². The highest BCUT2D eigenvalue weighted by molar-refractivity contribution is 5.96. The molecule has 0 aliphatic carbocycles. The third kappa shape index (κ3) is 2.43. The molecule has 1 aromatic rings. The minimum absolute atomic E-state index is 0.134. The Labute approximate surface area is 106 Å². The van der Waals surface area contributed by atoms with Crippen LogP contribution in [0.3, 0.4) is 0 Å². The Morgan fingerprint density at radius 3 is 2.72 bits per heavy atom. The molecule has 0 unspecified atom stereocenters. The maximum absolute atomic E-state index is 13.7. The number of ether oxygens (including phenoxy) is 1. The van der Waals surface area contributed by atoms with Crippen LogP contribution in [0.4, 0.5) is 4.39 Å². The maximum Gasteiger partial charge on any atom is 0.254 e. The molecule has 1 aromatic carbocycles. The minimum atomic E-state index is -0.410. The maximum atomic E-state index is 13.7. The van der Waals surface area contributed by atoms with Crippen molar-refractivity contribution in [3.8, 4) is 0 Å². The molecule has 18 heavy (non-hydrogen) atoms. The Morgan fingerprint density at radius 1 is 1.44 bits per heavy atom. The number of carbonyl (C=O) groups is 1. The fourth-order valence-corrected chi connectivity index (χ4v) is 2.03. The van der Waals surface area contributed by atoms with Gasteiger partial charge in [-0.15, -0.1) is 0 Å². The summed E-state index contributed by atoms with van der Waals surface area (Å²) in [5.41, 5.74) is 1.61. The van der Waals surface area contributed by atoms with Gasteiger partial charge < -0.3 is 9.64 Å². The van der Waals surface area contributed by atoms with Gasteiger partial charge in [0.25, 0.3) is 5.91 Å². The number of halogens is 1. The summed E-state index contributed by atoms with van der Waals surface area (Å²) in [5, 5.41) is 0. The lowest BCUT2D eigenvalue weighted by Gasteiger charge is -2.27. The van der Waals surface area contributed by atoms with E-state index in [0.29, 0.717) is 37.4 Å². The summed E-state index contributed by atoms with van der Waals surface area (Å²) >= 11 is 0. The summed E-state index contributed by atoms with van der Waals surface area (Å²) < 4.78 is 18.9. The smallest absolute Gasteiger partial charge is 0.254 e. The zero-order valence-electron chi connectivity index (χ0n) is 10.4. The molecule has 0 N–H and O–H groups in total. The molecule has 1 amide bonds. The van der Waals surface area contributed by atoms with E-state index in [1.807, 2.05) is 0 Å². The monoisotopic (exact) mass is 249 g/mol. The van der Waals surface area contributed by atoms with Gasteiger partial charge in [-0.2, -0.15) is 0 Å². The van der Waals surface area contributed by atoms with E-state index in [2.05, 4.69) is 6.58 Å². The molecular formula is C14H16FNO2. The number of rotatable bonds is 2. The number of carbonyl (C=O) groups excluding carboxylic acids is 1. The zero-order chi connectivity index (χ0) is 13.1. The van der Waals surface area contributed by atoms with Gasteiger partial charge in [0.2, 0.25) is 0 Å². The summed E-state index contributed by atoms with van der Waals surface area (Å²) in [5.74, 6) is -0.544. The molecule has 0 saturated carbocycles. The topological polar surface area (TPSA) is 29.5 Å². The lowest BCUT2D eigenvalue weighted by Crippen LogP contribution is -2.41. The van der Waals surface area contributed by atoms with Crippen LogP contribution in [0.2, 0.25) is 0 Å². The van der Waals surface area contributed by atoms with E-state index < -0.39 is 5.82 Å². The van der Waals surface area contributed by atoms with Crippen molar-refractivity contribution in [2.24, 2.45) is 0 Å². The average molecular weight is 249 g/mol. The van der Waals surface area contributed by atoms with E-state index in [9.17, 15) is 9.18 Å². The summed E-state index contributed by atoms with van der Waals surface area (Å²) in [7, 11) is 0. The highest BCUT2D eigenvalue weighted by Crippen LogP contribution is 2.18. The van der Waals surface area contributed by atoms with Gasteiger partial charge in [-0.05, 0) is 24.6 Å². The Morgan fingerprint density at radius 2 is 2.11 bits per heavy atom. The van der Waals surface area contributed by atoms with Crippen molar-refractivity contribution in [1.82, 2.24) is 4.90 Å². The molecule has 1 saturated heterocycles. The Kier molecular flexibility index (Phi) is 3.77. The molecule has 1 aliphatic rings. The van der Waals surface area contributed by atoms with Crippen LogP contribution in [0.1, 0.15) is 21.5 Å². The normalized spacial score (nSPS) is 15.6. The van der Waals surface area contributed by atoms with Crippen molar-refractivity contribution < 1.29 is 13.9 Å². The lowest BCUT2D eigenvalue weighted by atomic mass is 10.0. The molecule has 0 spiro atoms. The molecule has 1 aliphatic heterocycles. The van der Waals surface area contributed by atoms with Gasteiger partial charge in [0.05, 0.1) is 13.2 Å². The molecule has 3 nitrogen and oxygen atoms in total. The quantitative estimate of drug-likeness (QED) is 0.804. The standard InChI is InChI=1S/C14H16FNO2/c1-3-11-8-10(2)12(9-13(11)15)14(17)16-4-6-18-7-5-16/h3,8-9H,1,4-7H2,2H3. The van der Waals surface area contributed by atoms with E-state index in [1.54, 1.807) is 17.9 Å². The molecular weight excluding hydrogens is 233 g/mol. The minimum Gasteiger partial charge on any atom is -0.378 e. The van der Waals surface area contributed by atoms with Crippen molar-refractivity contribution in [3.05, 3.63) is 41.2 Å². The number of amides is 1. The van der Waals surface area contributed by atoms with Crippen molar-refractivity contribution >= 4 is 12.0 Å². The number of hydrogen-bond acceptors (Lipinski definition) is 2. The van der Waals surface area contributed by atoms with Gasteiger partial charge in [-0.1, -0.05) is 12.7 Å². The van der Waals surface area contributed by atoms with Crippen LogP contribution in [0, 0.1) is 12.7 Å². The largest absolute Gasteiger partial charge is 0.378 e. The number of nitrogens with zero attached hydrogens (tertiary/aromatic N) is 1. The first kappa shape index (κ1) is 12.8. The van der Waals surface area contributed by atoms with Crippen molar-refractivity contribution in [1.29, 1.82) is 0 Å². The van der Waals surface area contributed by atoms with Gasteiger partial charge >= 0.3 is 0 Å². The molecule has 1 heterocycles. The average Bonchev–Trinajstić information content (AvgIpc) is 2.41. The van der Waals surface area contributed by atoms with Gasteiger partial charge in [-0.25, -0.2) is 4.39 Å². The second-order valence-electron chi connectivity index (χ2n) is 4.30. The fourth-order valence-electron chi connectivity index (χ4n) is 2.03. The SMILES string of the molecule is C=Cc1cc(C)c(C(=O)N2CCOCC2)cc1F. The highest BCUT2D eigenvalue weighted by Gasteiger charge is 2.21. The molecule has 0 bridgehead atoms. The Balaban J connectivity index is 2.29. The second kappa shape index (κ2) is 5.31. The third-order valence-corrected chi connectivity index (χ3v) is 3.09. The number of aryl methyl sites for hydroxylation is 1. The number of benzene rings is 1. The first-order valence-electron chi connectivity index (χ1n) is 5.93. The zero-order valence-corrected chi connectivity index (χ0v) is 10.4. The van der Waals surface area contributed by atoms with Crippen LogP contribution < -0.4 is 0 Å². The first-order valence-corrected chi connectivity index (χ1v) is 5.93. The molecule has 96 valence electrons. The van der Waals surface area contributed by atoms with E-state index in [1.165, 1.54) is 12.1 Å². The lowest BCUT2D eigenvalue weighted by molar-refractivity contribution is 0.0302. The Hall–Kier alpha value is -1.68. The summed E-state index contributed by atoms with van der Waals surface area (Å²) in [6, 6.07) is 2.94. The van der Waals surface area contributed by atoms with E-state index in [4.69, 9.17) is 4.74 Å². The third-order valence-electron chi connectivity index (χ3n) is 3.09. The van der Waals surface area contributed by atoms with E-state index >= 15 is 0 Å². The van der Waals surface area contributed by atoms with Crippen LogP contribution in [0.15, 0.2) is 18.7 Å². The summed E-state index contributed by atoms with van der Waals surface area (Å²) in [6.45, 7) is 7.55. The van der Waals surface area contributed by atoms with E-state index in [-0.39, 0.29) is 5.91 Å². The van der Waals surface area contributed by atoms with Crippen LogP contribution in [-0.4, -0.2) is 37.1 Å². The van der Waals surface area contributed by atoms with Crippen molar-refractivity contribution in [2.45, 2.75) is 6.92 Å². The Bertz CT molecular complexity index is 479. The molecule has 4 heteroatoms. The van der Waals surface area contributed by atoms with E-state index in [0.717, 1.165) is 5.56 Å². The van der Waals surface area contributed by atoms with Crippen LogP contribution >= 0.6 is 0 Å². The molecule has 2 rings (SSSR count). The van der Waals surface area contributed by atoms with Gasteiger partial charge in [0, 0.05) is 24.2 Å². The van der Waals surface area contributed by atoms with Gasteiger partial charge in [0.15, 0.2) is 0 Å². The summed E-state index contributed by atoms with van der Waals surface area (Å²) in [6.07, 6.45) is 1.45. The van der Waals surface area contributed by atoms with Crippen molar-refractivity contribution in [2.75, 3.05) is 26.3 Å². The second-order valence-corrected chi connectivity index (χ2v) is 4.30. The first-order chi connectivity index (χ1) is 8.63. The molecule has 0 aromatic heterocycles. The van der Waals surface area contributed by atoms with Gasteiger partial charge in [-0.3, -0.25) is 4.79 Å². The van der Waals surface area contributed by atoms with Gasteiger partial charge in [0.1, 0.15) is 5.82 Å². The molecule has 0 atom stereocenters. The highest BCUT2D eigenvalue weighted by atomic mass is 19.1. The number of hydrogen-bond donors (Lipinski definition) is 0. The predicted molar refractivity (Wildman–Crippen MR) is 68.0 cm³/mol. The molecule has 1 fully saturated rings. The summed E-state index contributed by atoms with van der Waals surface area (Å²) in [4.78, 5) is 13.9. The predicted octanol–water partition coefficient (Wildman–Crippen LogP) is 2.25. The number of morpholine rings is 1. The fraction of sp³-hybridized carbons (Fsp3) is 0.357. The van der Waals surface area contributed by atoms with Crippen LogP contribution in [-0.2, 0) is 4.74 Å². The molecule has 0 radical (unpaired) electrons. The van der Waals surface area contributed by atoms with Crippen LogP contribution in [0.25, 0.3) is 6.08 Å². The van der Waals surface area contributed by atoms with Crippen molar-refractivity contribution in [3.63, 3.8) is 0 Å².